The lowest BCUT2D eigenvalue weighted by Gasteiger charge is -2.31. The zero-order valence-corrected chi connectivity index (χ0v) is 12.4. The van der Waals surface area contributed by atoms with E-state index in [1.807, 2.05) is 13.0 Å². The quantitative estimate of drug-likeness (QED) is 0.784. The van der Waals surface area contributed by atoms with Crippen LogP contribution in [0.5, 0.6) is 0 Å². The van der Waals surface area contributed by atoms with E-state index in [1.54, 1.807) is 13.2 Å². The van der Waals surface area contributed by atoms with Gasteiger partial charge in [0.1, 0.15) is 5.82 Å². The van der Waals surface area contributed by atoms with E-state index < -0.39 is 0 Å². The van der Waals surface area contributed by atoms with Crippen molar-refractivity contribution in [2.45, 2.75) is 33.4 Å². The molecule has 19 heavy (non-hydrogen) atoms. The molecule has 1 rings (SSSR count). The van der Waals surface area contributed by atoms with Gasteiger partial charge in [0.05, 0.1) is 6.61 Å². The second-order valence-electron chi connectivity index (χ2n) is 4.80. The molecule has 1 aromatic carbocycles. The van der Waals surface area contributed by atoms with Crippen LogP contribution in [0.3, 0.4) is 0 Å². The lowest BCUT2D eigenvalue weighted by molar-refractivity contribution is 0.203. The minimum Gasteiger partial charge on any atom is -0.383 e. The van der Waals surface area contributed by atoms with Gasteiger partial charge in [0.2, 0.25) is 0 Å². The molecular weight excluding hydrogens is 243 g/mol. The van der Waals surface area contributed by atoms with Gasteiger partial charge in [-0.25, -0.2) is 4.39 Å². The largest absolute Gasteiger partial charge is 0.383 e. The van der Waals surface area contributed by atoms with Crippen LogP contribution in [0.1, 0.15) is 26.3 Å². The third-order valence-electron chi connectivity index (χ3n) is 3.11. The Morgan fingerprint density at radius 3 is 2.68 bits per heavy atom. The van der Waals surface area contributed by atoms with Crippen LogP contribution in [-0.2, 0) is 11.3 Å². The molecule has 0 fully saturated rings. The van der Waals surface area contributed by atoms with Gasteiger partial charge < -0.3 is 15.0 Å². The number of nitrogens with one attached hydrogen (secondary N) is 1. The SMILES string of the molecule is CCNCc1c(F)cccc1N(CCOC)C(C)C. The molecule has 0 radical (unpaired) electrons. The van der Waals surface area contributed by atoms with Gasteiger partial charge in [-0.3, -0.25) is 0 Å². The molecule has 4 heteroatoms. The lowest BCUT2D eigenvalue weighted by atomic mass is 10.1. The first-order chi connectivity index (χ1) is 9.11. The molecule has 0 aliphatic rings. The first-order valence-corrected chi connectivity index (χ1v) is 6.85. The van der Waals surface area contributed by atoms with Crippen molar-refractivity contribution in [3.63, 3.8) is 0 Å². The number of benzene rings is 1. The second kappa shape index (κ2) is 8.12. The maximum atomic E-state index is 14.0. The fourth-order valence-corrected chi connectivity index (χ4v) is 2.09. The molecule has 0 aliphatic heterocycles. The van der Waals surface area contributed by atoms with E-state index in [0.29, 0.717) is 19.2 Å². The summed E-state index contributed by atoms with van der Waals surface area (Å²) in [4.78, 5) is 2.18. The zero-order valence-electron chi connectivity index (χ0n) is 12.4. The molecule has 0 heterocycles. The van der Waals surface area contributed by atoms with Crippen molar-refractivity contribution in [2.24, 2.45) is 0 Å². The Kier molecular flexibility index (Phi) is 6.81. The van der Waals surface area contributed by atoms with Crippen molar-refractivity contribution in [2.75, 3.05) is 31.7 Å². The molecule has 108 valence electrons. The van der Waals surface area contributed by atoms with Crippen LogP contribution in [-0.4, -0.2) is 32.8 Å². The molecule has 0 amide bonds. The fourth-order valence-electron chi connectivity index (χ4n) is 2.09. The highest BCUT2D eigenvalue weighted by molar-refractivity contribution is 5.55. The zero-order chi connectivity index (χ0) is 14.3. The van der Waals surface area contributed by atoms with E-state index in [9.17, 15) is 4.39 Å². The summed E-state index contributed by atoms with van der Waals surface area (Å²) >= 11 is 0. The van der Waals surface area contributed by atoms with Crippen LogP contribution in [0.4, 0.5) is 10.1 Å². The van der Waals surface area contributed by atoms with Gasteiger partial charge in [-0.2, -0.15) is 0 Å². The molecule has 0 saturated carbocycles. The van der Waals surface area contributed by atoms with E-state index >= 15 is 0 Å². The molecule has 0 atom stereocenters. The molecule has 0 aromatic heterocycles. The van der Waals surface area contributed by atoms with E-state index in [2.05, 4.69) is 24.1 Å². The molecule has 0 bridgehead atoms. The van der Waals surface area contributed by atoms with Gasteiger partial charge in [0.25, 0.3) is 0 Å². The molecule has 0 aliphatic carbocycles. The van der Waals surface area contributed by atoms with Gasteiger partial charge in [-0.05, 0) is 32.5 Å². The van der Waals surface area contributed by atoms with Gasteiger partial charge >= 0.3 is 0 Å². The Morgan fingerprint density at radius 2 is 2.11 bits per heavy atom. The first kappa shape index (κ1) is 15.9. The summed E-state index contributed by atoms with van der Waals surface area (Å²) in [6, 6.07) is 5.57. The Morgan fingerprint density at radius 1 is 1.37 bits per heavy atom. The minimum absolute atomic E-state index is 0.151. The molecule has 1 N–H and O–H groups in total. The highest BCUT2D eigenvalue weighted by Gasteiger charge is 2.16. The topological polar surface area (TPSA) is 24.5 Å². The van der Waals surface area contributed by atoms with E-state index in [0.717, 1.165) is 24.3 Å². The Hall–Kier alpha value is -1.13. The average molecular weight is 268 g/mol. The summed E-state index contributed by atoms with van der Waals surface area (Å²) in [6.45, 7) is 9.01. The molecule has 1 aromatic rings. The molecule has 3 nitrogen and oxygen atoms in total. The number of hydrogen-bond donors (Lipinski definition) is 1. The number of rotatable bonds is 8. The molecule has 0 spiro atoms. The minimum atomic E-state index is -0.151. The average Bonchev–Trinajstić information content (AvgIpc) is 2.38. The number of methoxy groups -OCH3 is 1. The summed E-state index contributed by atoms with van der Waals surface area (Å²) < 4.78 is 19.2. The summed E-state index contributed by atoms with van der Waals surface area (Å²) in [5.41, 5.74) is 1.68. The van der Waals surface area contributed by atoms with E-state index in [4.69, 9.17) is 4.74 Å². The Bertz CT molecular complexity index is 382. The summed E-state index contributed by atoms with van der Waals surface area (Å²) in [7, 11) is 1.68. The van der Waals surface area contributed by atoms with Crippen LogP contribution in [0.15, 0.2) is 18.2 Å². The second-order valence-corrected chi connectivity index (χ2v) is 4.80. The molecular formula is C15H25FN2O. The predicted octanol–water partition coefficient (Wildman–Crippen LogP) is 2.80. The Labute approximate surface area is 115 Å². The van der Waals surface area contributed by atoms with Crippen molar-refractivity contribution in [3.05, 3.63) is 29.6 Å². The van der Waals surface area contributed by atoms with Crippen molar-refractivity contribution >= 4 is 5.69 Å². The van der Waals surface area contributed by atoms with E-state index in [1.165, 1.54) is 6.07 Å². The van der Waals surface area contributed by atoms with Crippen LogP contribution >= 0.6 is 0 Å². The first-order valence-electron chi connectivity index (χ1n) is 6.85. The van der Waals surface area contributed by atoms with Crippen LogP contribution in [0, 0.1) is 5.82 Å². The summed E-state index contributed by atoms with van der Waals surface area (Å²) in [5.74, 6) is -0.151. The number of hydrogen-bond acceptors (Lipinski definition) is 3. The van der Waals surface area contributed by atoms with Crippen molar-refractivity contribution in [3.8, 4) is 0 Å². The summed E-state index contributed by atoms with van der Waals surface area (Å²) in [6.07, 6.45) is 0. The standard InChI is InChI=1S/C15H25FN2O/c1-5-17-11-13-14(16)7-6-8-15(13)18(12(2)3)9-10-19-4/h6-8,12,17H,5,9-11H2,1-4H3. The van der Waals surface area contributed by atoms with Crippen LogP contribution < -0.4 is 10.2 Å². The van der Waals surface area contributed by atoms with Crippen LogP contribution in [0.25, 0.3) is 0 Å². The van der Waals surface area contributed by atoms with Gasteiger partial charge in [0.15, 0.2) is 0 Å². The van der Waals surface area contributed by atoms with Gasteiger partial charge in [-0.1, -0.05) is 13.0 Å². The van der Waals surface area contributed by atoms with Gasteiger partial charge in [-0.15, -0.1) is 0 Å². The maximum Gasteiger partial charge on any atom is 0.129 e. The molecule has 0 saturated heterocycles. The number of anilines is 1. The van der Waals surface area contributed by atoms with Crippen molar-refractivity contribution in [1.82, 2.24) is 5.32 Å². The van der Waals surface area contributed by atoms with Gasteiger partial charge in [0, 0.05) is 37.5 Å². The highest BCUT2D eigenvalue weighted by atomic mass is 19.1. The third-order valence-corrected chi connectivity index (χ3v) is 3.11. The monoisotopic (exact) mass is 268 g/mol. The number of ether oxygens (including phenoxy) is 1. The highest BCUT2D eigenvalue weighted by Crippen LogP contribution is 2.25. The van der Waals surface area contributed by atoms with Crippen molar-refractivity contribution < 1.29 is 9.13 Å². The number of nitrogens with zero attached hydrogens (tertiary/aromatic N) is 1. The summed E-state index contributed by atoms with van der Waals surface area (Å²) in [5, 5.41) is 3.20. The third kappa shape index (κ3) is 4.48. The van der Waals surface area contributed by atoms with Crippen molar-refractivity contribution in [1.29, 1.82) is 0 Å². The fraction of sp³-hybridized carbons (Fsp3) is 0.600. The smallest absolute Gasteiger partial charge is 0.129 e. The lowest BCUT2D eigenvalue weighted by Crippen LogP contribution is -2.35. The van der Waals surface area contributed by atoms with Crippen LogP contribution in [0.2, 0.25) is 0 Å². The normalized spacial score (nSPS) is 11.1. The molecule has 0 unspecified atom stereocenters. The number of halogens is 1. The Balaban J connectivity index is 3.03. The maximum absolute atomic E-state index is 14.0. The predicted molar refractivity (Wildman–Crippen MR) is 78.1 cm³/mol. The van der Waals surface area contributed by atoms with E-state index in [-0.39, 0.29) is 5.82 Å².